The molecular formula is C16H14N4O2. The molecule has 4 rings (SSSR count). The Morgan fingerprint density at radius 2 is 1.95 bits per heavy atom. The molecular weight excluding hydrogens is 280 g/mol. The third kappa shape index (κ3) is 2.58. The Labute approximate surface area is 126 Å². The quantitative estimate of drug-likeness (QED) is 0.813. The van der Waals surface area contributed by atoms with Crippen LogP contribution in [0.15, 0.2) is 21.9 Å². The molecule has 2 aromatic rings. The Kier molecular flexibility index (Phi) is 2.93. The van der Waals surface area contributed by atoms with Crippen molar-refractivity contribution in [2.75, 3.05) is 0 Å². The van der Waals surface area contributed by atoms with Crippen molar-refractivity contribution in [1.82, 2.24) is 20.2 Å². The second-order valence-electron chi connectivity index (χ2n) is 5.84. The van der Waals surface area contributed by atoms with Crippen LogP contribution in [0.3, 0.4) is 0 Å². The van der Waals surface area contributed by atoms with Crippen LogP contribution in [0.5, 0.6) is 0 Å². The van der Waals surface area contributed by atoms with Crippen LogP contribution < -0.4 is 11.2 Å². The Morgan fingerprint density at radius 1 is 1.14 bits per heavy atom. The highest BCUT2D eigenvalue weighted by molar-refractivity contribution is 5.58. The van der Waals surface area contributed by atoms with Crippen molar-refractivity contribution in [3.63, 3.8) is 0 Å². The van der Waals surface area contributed by atoms with Crippen molar-refractivity contribution in [2.45, 2.75) is 31.6 Å². The zero-order valence-electron chi connectivity index (χ0n) is 11.8. The number of aromatic nitrogens is 4. The molecule has 0 bridgehead atoms. The molecule has 0 unspecified atom stereocenters. The van der Waals surface area contributed by atoms with Crippen molar-refractivity contribution < 1.29 is 0 Å². The Hall–Kier alpha value is -2.68. The average molecular weight is 294 g/mol. The molecule has 0 aliphatic heterocycles. The molecule has 22 heavy (non-hydrogen) atoms. The zero-order valence-corrected chi connectivity index (χ0v) is 11.8. The fraction of sp³-hybridized carbons (Fsp3) is 0.375. The van der Waals surface area contributed by atoms with Crippen molar-refractivity contribution in [3.8, 4) is 23.1 Å². The molecule has 0 aromatic carbocycles. The van der Waals surface area contributed by atoms with Crippen LogP contribution in [-0.4, -0.2) is 20.2 Å². The van der Waals surface area contributed by atoms with E-state index in [0.717, 1.165) is 24.1 Å². The van der Waals surface area contributed by atoms with Crippen LogP contribution in [0.4, 0.5) is 0 Å². The van der Waals surface area contributed by atoms with E-state index in [9.17, 15) is 9.59 Å². The topological polar surface area (TPSA) is 91.5 Å². The van der Waals surface area contributed by atoms with E-state index in [1.165, 1.54) is 19.0 Å². The first-order valence-corrected chi connectivity index (χ1v) is 7.42. The maximum absolute atomic E-state index is 11.9. The fourth-order valence-corrected chi connectivity index (χ4v) is 2.34. The van der Waals surface area contributed by atoms with E-state index < -0.39 is 11.2 Å². The van der Waals surface area contributed by atoms with E-state index in [1.54, 1.807) is 0 Å². The lowest BCUT2D eigenvalue weighted by atomic mass is 10.1. The minimum absolute atomic E-state index is 0.315. The molecule has 2 aromatic heterocycles. The Balaban J connectivity index is 1.78. The van der Waals surface area contributed by atoms with Gasteiger partial charge in [0.15, 0.2) is 0 Å². The lowest BCUT2D eigenvalue weighted by molar-refractivity contribution is 0.954. The molecule has 0 saturated heterocycles. The maximum atomic E-state index is 11.9. The van der Waals surface area contributed by atoms with Crippen molar-refractivity contribution in [1.29, 1.82) is 0 Å². The number of H-pyrrole nitrogens is 2. The summed E-state index contributed by atoms with van der Waals surface area (Å²) in [5.74, 6) is 7.31. The summed E-state index contributed by atoms with van der Waals surface area (Å²) in [5, 5.41) is 8.33. The molecule has 0 spiro atoms. The number of hydrogen-bond donors (Lipinski definition) is 2. The van der Waals surface area contributed by atoms with Gasteiger partial charge in [0.1, 0.15) is 11.4 Å². The second-order valence-corrected chi connectivity index (χ2v) is 5.84. The first-order chi connectivity index (χ1) is 10.7. The van der Waals surface area contributed by atoms with Gasteiger partial charge in [-0.25, -0.2) is 4.79 Å². The highest BCUT2D eigenvalue weighted by Crippen LogP contribution is 2.41. The SMILES string of the molecule is O=c1[nH]cc(-c2cc(C3CC3)c(C#CC3CC3)nn2)c(=O)[nH]1. The van der Waals surface area contributed by atoms with E-state index in [4.69, 9.17) is 0 Å². The van der Waals surface area contributed by atoms with Crippen LogP contribution in [0.25, 0.3) is 11.3 Å². The van der Waals surface area contributed by atoms with Crippen molar-refractivity contribution in [3.05, 3.63) is 44.4 Å². The second kappa shape index (κ2) is 4.95. The fourth-order valence-electron chi connectivity index (χ4n) is 2.34. The highest BCUT2D eigenvalue weighted by Gasteiger charge is 2.28. The summed E-state index contributed by atoms with van der Waals surface area (Å²) < 4.78 is 0. The van der Waals surface area contributed by atoms with Gasteiger partial charge in [-0.2, -0.15) is 0 Å². The van der Waals surface area contributed by atoms with Crippen molar-refractivity contribution in [2.24, 2.45) is 5.92 Å². The minimum Gasteiger partial charge on any atom is -0.313 e. The van der Waals surface area contributed by atoms with Gasteiger partial charge in [-0.1, -0.05) is 5.92 Å². The molecule has 2 aliphatic rings. The summed E-state index contributed by atoms with van der Waals surface area (Å²) in [6.07, 6.45) is 5.95. The zero-order chi connectivity index (χ0) is 15.1. The smallest absolute Gasteiger partial charge is 0.313 e. The van der Waals surface area contributed by atoms with Gasteiger partial charge in [-0.15, -0.1) is 10.2 Å². The van der Waals surface area contributed by atoms with Gasteiger partial charge in [0.05, 0.1) is 5.56 Å². The third-order valence-corrected chi connectivity index (χ3v) is 3.91. The molecule has 0 atom stereocenters. The summed E-state index contributed by atoms with van der Waals surface area (Å²) in [6.45, 7) is 0. The van der Waals surface area contributed by atoms with Crippen LogP contribution in [0.2, 0.25) is 0 Å². The van der Waals surface area contributed by atoms with E-state index in [1.807, 2.05) is 6.07 Å². The average Bonchev–Trinajstić information content (AvgIpc) is 3.38. The van der Waals surface area contributed by atoms with E-state index >= 15 is 0 Å². The van der Waals surface area contributed by atoms with Gasteiger partial charge < -0.3 is 4.98 Å². The minimum atomic E-state index is -0.531. The number of nitrogens with zero attached hydrogens (tertiary/aromatic N) is 2. The predicted molar refractivity (Wildman–Crippen MR) is 80.3 cm³/mol. The molecule has 6 nitrogen and oxygen atoms in total. The van der Waals surface area contributed by atoms with E-state index in [2.05, 4.69) is 32.0 Å². The molecule has 2 saturated carbocycles. The van der Waals surface area contributed by atoms with Crippen LogP contribution >= 0.6 is 0 Å². The van der Waals surface area contributed by atoms with E-state index in [-0.39, 0.29) is 0 Å². The molecule has 6 heteroatoms. The lowest BCUT2D eigenvalue weighted by Crippen LogP contribution is -2.23. The number of aromatic amines is 2. The van der Waals surface area contributed by atoms with Crippen LogP contribution in [-0.2, 0) is 0 Å². The summed E-state index contributed by atoms with van der Waals surface area (Å²) in [6, 6.07) is 1.88. The first kappa shape index (κ1) is 13.0. The maximum Gasteiger partial charge on any atom is 0.325 e. The van der Waals surface area contributed by atoms with Gasteiger partial charge in [0, 0.05) is 12.1 Å². The normalized spacial score (nSPS) is 16.9. The van der Waals surface area contributed by atoms with Gasteiger partial charge in [-0.05, 0) is 49.2 Å². The number of rotatable bonds is 2. The molecule has 2 N–H and O–H groups in total. The standard InChI is InChI=1S/C16H14N4O2/c21-15-12(8-17-16(22)18-15)14-7-11(10-4-5-10)13(19-20-14)6-3-9-1-2-9/h7-10H,1-2,4-5H2,(H2,17,18,21,22). The summed E-state index contributed by atoms with van der Waals surface area (Å²) in [7, 11) is 0. The van der Waals surface area contributed by atoms with E-state index in [0.29, 0.717) is 23.1 Å². The number of nitrogens with one attached hydrogen (secondary N) is 2. The molecule has 0 radical (unpaired) electrons. The summed E-state index contributed by atoms with van der Waals surface area (Å²) in [4.78, 5) is 27.6. The van der Waals surface area contributed by atoms with Crippen LogP contribution in [0, 0.1) is 17.8 Å². The third-order valence-electron chi connectivity index (χ3n) is 3.91. The number of hydrogen-bond acceptors (Lipinski definition) is 4. The lowest BCUT2D eigenvalue weighted by Gasteiger charge is -2.04. The van der Waals surface area contributed by atoms with Gasteiger partial charge in [-0.3, -0.25) is 9.78 Å². The van der Waals surface area contributed by atoms with Gasteiger partial charge in [0.25, 0.3) is 5.56 Å². The molecule has 110 valence electrons. The van der Waals surface area contributed by atoms with Crippen molar-refractivity contribution >= 4 is 0 Å². The summed E-state index contributed by atoms with van der Waals surface area (Å²) in [5.41, 5.74) is 1.57. The van der Waals surface area contributed by atoms with Gasteiger partial charge in [0.2, 0.25) is 0 Å². The first-order valence-electron chi connectivity index (χ1n) is 7.42. The van der Waals surface area contributed by atoms with Gasteiger partial charge >= 0.3 is 5.69 Å². The molecule has 2 heterocycles. The summed E-state index contributed by atoms with van der Waals surface area (Å²) >= 11 is 0. The van der Waals surface area contributed by atoms with Crippen LogP contribution in [0.1, 0.15) is 42.9 Å². The molecule has 2 aliphatic carbocycles. The molecule has 2 fully saturated rings. The molecule has 0 amide bonds. The monoisotopic (exact) mass is 294 g/mol. The predicted octanol–water partition coefficient (Wildman–Crippen LogP) is 1.16. The Morgan fingerprint density at radius 3 is 2.64 bits per heavy atom. The Bertz CT molecular complexity index is 908. The highest BCUT2D eigenvalue weighted by atomic mass is 16.2. The largest absolute Gasteiger partial charge is 0.325 e.